The highest BCUT2D eigenvalue weighted by Gasteiger charge is 2.29. The van der Waals surface area contributed by atoms with Gasteiger partial charge in [-0.1, -0.05) is 13.8 Å². The molecule has 1 aliphatic rings. The van der Waals surface area contributed by atoms with Gasteiger partial charge < -0.3 is 10.1 Å². The molecule has 1 saturated heterocycles. The van der Waals surface area contributed by atoms with Crippen molar-refractivity contribution in [2.75, 3.05) is 45.9 Å². The molecule has 7 nitrogen and oxygen atoms in total. The quantitative estimate of drug-likeness (QED) is 0.684. The highest BCUT2D eigenvalue weighted by molar-refractivity contribution is 7.89. The maximum Gasteiger partial charge on any atom is 0.243 e. The van der Waals surface area contributed by atoms with E-state index < -0.39 is 10.0 Å². The Morgan fingerprint density at radius 1 is 1.15 bits per heavy atom. The summed E-state index contributed by atoms with van der Waals surface area (Å²) in [6, 6.07) is 6.51. The second kappa shape index (κ2) is 10.1. The molecule has 0 aliphatic carbocycles. The van der Waals surface area contributed by atoms with Crippen molar-refractivity contribution in [3.05, 3.63) is 24.3 Å². The van der Waals surface area contributed by atoms with Crippen molar-refractivity contribution < 1.29 is 17.9 Å². The van der Waals surface area contributed by atoms with Crippen LogP contribution < -0.4 is 10.1 Å². The normalized spacial score (nSPS) is 16.4. The Labute approximate surface area is 162 Å². The summed E-state index contributed by atoms with van der Waals surface area (Å²) in [4.78, 5) is 14.2. The third-order valence-corrected chi connectivity index (χ3v) is 6.43. The van der Waals surface area contributed by atoms with Crippen molar-refractivity contribution in [2.45, 2.75) is 32.1 Å². The number of sulfonamides is 1. The monoisotopic (exact) mass is 397 g/mol. The number of nitrogens with zero attached hydrogens (tertiary/aromatic N) is 2. The Morgan fingerprint density at radius 2 is 1.78 bits per heavy atom. The molecule has 0 spiro atoms. The van der Waals surface area contributed by atoms with Crippen LogP contribution in [0.25, 0.3) is 0 Å². The molecule has 1 aromatic rings. The van der Waals surface area contributed by atoms with Gasteiger partial charge in [-0.25, -0.2) is 8.42 Å². The number of rotatable bonds is 9. The predicted octanol–water partition coefficient (Wildman–Crippen LogP) is 1.55. The molecule has 1 fully saturated rings. The number of hydrogen-bond acceptors (Lipinski definition) is 5. The molecule has 0 atom stereocenters. The molecule has 1 aliphatic heterocycles. The van der Waals surface area contributed by atoms with Gasteiger partial charge in [-0.3, -0.25) is 9.69 Å². The summed E-state index contributed by atoms with van der Waals surface area (Å²) in [6.45, 7) is 9.53. The molecule has 0 bridgehead atoms. The van der Waals surface area contributed by atoms with E-state index in [0.717, 1.165) is 6.42 Å². The summed E-state index contributed by atoms with van der Waals surface area (Å²) >= 11 is 0. The van der Waals surface area contributed by atoms with Crippen molar-refractivity contribution in [2.24, 2.45) is 5.92 Å². The Morgan fingerprint density at radius 3 is 2.33 bits per heavy atom. The zero-order chi connectivity index (χ0) is 19.9. The lowest BCUT2D eigenvalue weighted by Gasteiger charge is -2.33. The van der Waals surface area contributed by atoms with Crippen LogP contribution in [0.2, 0.25) is 0 Å². The van der Waals surface area contributed by atoms with Gasteiger partial charge in [-0.2, -0.15) is 4.31 Å². The second-order valence-corrected chi connectivity index (χ2v) is 9.06. The van der Waals surface area contributed by atoms with Gasteiger partial charge in [0.25, 0.3) is 0 Å². The van der Waals surface area contributed by atoms with Crippen LogP contribution in [0.4, 0.5) is 0 Å². The SMILES string of the molecule is CCOc1ccc(S(=O)(=O)N2CCN(CC(=O)NCCC(C)C)CC2)cc1. The zero-order valence-electron chi connectivity index (χ0n) is 16.5. The summed E-state index contributed by atoms with van der Waals surface area (Å²) in [5, 5.41) is 2.92. The lowest BCUT2D eigenvalue weighted by molar-refractivity contribution is -0.122. The molecule has 8 heteroatoms. The van der Waals surface area contributed by atoms with E-state index in [9.17, 15) is 13.2 Å². The molecule has 1 N–H and O–H groups in total. The summed E-state index contributed by atoms with van der Waals surface area (Å²) in [6.07, 6.45) is 0.958. The van der Waals surface area contributed by atoms with E-state index in [-0.39, 0.29) is 10.8 Å². The van der Waals surface area contributed by atoms with Gasteiger partial charge in [-0.05, 0) is 43.5 Å². The molecule has 0 aromatic heterocycles. The van der Waals surface area contributed by atoms with Crippen molar-refractivity contribution >= 4 is 15.9 Å². The third-order valence-electron chi connectivity index (χ3n) is 4.51. The lowest BCUT2D eigenvalue weighted by Crippen LogP contribution is -2.51. The number of nitrogens with one attached hydrogen (secondary N) is 1. The van der Waals surface area contributed by atoms with E-state index in [1.165, 1.54) is 4.31 Å². The number of carbonyl (C=O) groups excluding carboxylic acids is 1. The van der Waals surface area contributed by atoms with Crippen molar-refractivity contribution in [1.29, 1.82) is 0 Å². The molecule has 1 amide bonds. The van der Waals surface area contributed by atoms with Crippen LogP contribution >= 0.6 is 0 Å². The van der Waals surface area contributed by atoms with E-state index in [1.807, 2.05) is 11.8 Å². The average Bonchev–Trinajstić information content (AvgIpc) is 2.62. The molecule has 0 radical (unpaired) electrons. The average molecular weight is 398 g/mol. The van der Waals surface area contributed by atoms with Crippen LogP contribution in [0, 0.1) is 5.92 Å². The minimum absolute atomic E-state index is 0.00142. The first kappa shape index (κ1) is 21.7. The van der Waals surface area contributed by atoms with Gasteiger partial charge in [0.05, 0.1) is 18.0 Å². The summed E-state index contributed by atoms with van der Waals surface area (Å²) < 4.78 is 32.4. The minimum Gasteiger partial charge on any atom is -0.494 e. The second-order valence-electron chi connectivity index (χ2n) is 7.12. The number of amides is 1. The molecule has 1 aromatic carbocycles. The molecular formula is C19H31N3O4S. The number of hydrogen-bond donors (Lipinski definition) is 1. The van der Waals surface area contributed by atoms with Gasteiger partial charge >= 0.3 is 0 Å². The fourth-order valence-corrected chi connectivity index (χ4v) is 4.33. The number of carbonyl (C=O) groups is 1. The fourth-order valence-electron chi connectivity index (χ4n) is 2.91. The topological polar surface area (TPSA) is 79.0 Å². The van der Waals surface area contributed by atoms with E-state index in [0.29, 0.717) is 57.5 Å². The molecule has 0 saturated carbocycles. The molecule has 27 heavy (non-hydrogen) atoms. The first-order valence-electron chi connectivity index (χ1n) is 9.55. The Bertz CT molecular complexity index is 696. The van der Waals surface area contributed by atoms with Crippen LogP contribution in [0.3, 0.4) is 0 Å². The predicted molar refractivity (Wildman–Crippen MR) is 105 cm³/mol. The lowest BCUT2D eigenvalue weighted by atomic mass is 10.1. The van der Waals surface area contributed by atoms with E-state index in [1.54, 1.807) is 24.3 Å². The molecule has 0 unspecified atom stereocenters. The van der Waals surface area contributed by atoms with Crippen molar-refractivity contribution in [1.82, 2.24) is 14.5 Å². The van der Waals surface area contributed by atoms with Gasteiger partial charge in [0.2, 0.25) is 15.9 Å². The highest BCUT2D eigenvalue weighted by atomic mass is 32.2. The van der Waals surface area contributed by atoms with Crippen LogP contribution in [0.5, 0.6) is 5.75 Å². The smallest absolute Gasteiger partial charge is 0.243 e. The Balaban J connectivity index is 1.84. The molecular weight excluding hydrogens is 366 g/mol. The van der Waals surface area contributed by atoms with Crippen molar-refractivity contribution in [3.8, 4) is 5.75 Å². The first-order valence-corrected chi connectivity index (χ1v) is 11.0. The van der Waals surface area contributed by atoms with E-state index in [2.05, 4.69) is 19.2 Å². The number of piperazine rings is 1. The molecule has 152 valence electrons. The Kier molecular flexibility index (Phi) is 8.07. The van der Waals surface area contributed by atoms with Gasteiger partial charge in [0.1, 0.15) is 5.75 Å². The third kappa shape index (κ3) is 6.48. The highest BCUT2D eigenvalue weighted by Crippen LogP contribution is 2.20. The molecule has 2 rings (SSSR count). The van der Waals surface area contributed by atoms with Crippen LogP contribution in [-0.4, -0.2) is 69.4 Å². The van der Waals surface area contributed by atoms with Gasteiger partial charge in [0, 0.05) is 32.7 Å². The van der Waals surface area contributed by atoms with Crippen LogP contribution in [0.15, 0.2) is 29.2 Å². The van der Waals surface area contributed by atoms with E-state index >= 15 is 0 Å². The summed E-state index contributed by atoms with van der Waals surface area (Å²) in [7, 11) is -3.52. The van der Waals surface area contributed by atoms with E-state index in [4.69, 9.17) is 4.74 Å². The largest absolute Gasteiger partial charge is 0.494 e. The zero-order valence-corrected chi connectivity index (χ0v) is 17.3. The van der Waals surface area contributed by atoms with Crippen LogP contribution in [0.1, 0.15) is 27.2 Å². The Hall–Kier alpha value is -1.64. The maximum absolute atomic E-state index is 12.8. The van der Waals surface area contributed by atoms with Gasteiger partial charge in [-0.15, -0.1) is 0 Å². The summed E-state index contributed by atoms with van der Waals surface area (Å²) in [5.41, 5.74) is 0. The summed E-state index contributed by atoms with van der Waals surface area (Å²) in [5.74, 6) is 1.21. The standard InChI is InChI=1S/C19H31N3O4S/c1-4-26-17-5-7-18(8-6-17)27(24,25)22-13-11-21(12-14-22)15-19(23)20-10-9-16(2)3/h5-8,16H,4,9-15H2,1-3H3,(H,20,23). The first-order chi connectivity index (χ1) is 12.8. The number of ether oxygens (including phenoxy) is 1. The van der Waals surface area contributed by atoms with Crippen LogP contribution in [-0.2, 0) is 14.8 Å². The number of benzene rings is 1. The fraction of sp³-hybridized carbons (Fsp3) is 0.632. The van der Waals surface area contributed by atoms with Crippen molar-refractivity contribution in [3.63, 3.8) is 0 Å². The molecule has 1 heterocycles. The maximum atomic E-state index is 12.8. The van der Waals surface area contributed by atoms with Gasteiger partial charge in [0.15, 0.2) is 0 Å². The minimum atomic E-state index is -3.52.